The number of alkyl carbamates (subject to hydrolysis) is 1. The topological polar surface area (TPSA) is 224 Å². The molecule has 0 radical (unpaired) electrons. The summed E-state index contributed by atoms with van der Waals surface area (Å²) < 4.78 is 9.73. The van der Waals surface area contributed by atoms with Gasteiger partial charge in [-0.15, -0.1) is 0 Å². The Kier molecular flexibility index (Phi) is 13.5. The van der Waals surface area contributed by atoms with Crippen molar-refractivity contribution in [2.75, 3.05) is 13.7 Å². The van der Waals surface area contributed by atoms with Gasteiger partial charge in [0, 0.05) is 18.3 Å². The van der Waals surface area contributed by atoms with E-state index in [0.29, 0.717) is 5.69 Å². The van der Waals surface area contributed by atoms with Gasteiger partial charge in [-0.2, -0.15) is 0 Å². The fourth-order valence-corrected chi connectivity index (χ4v) is 3.75. The summed E-state index contributed by atoms with van der Waals surface area (Å²) in [5.41, 5.74) is 6.55. The molecule has 7 N–H and O–H groups in total. The maximum atomic E-state index is 13.3. The van der Waals surface area contributed by atoms with Gasteiger partial charge in [0.2, 0.25) is 23.6 Å². The number of aromatic nitrogens is 2. The van der Waals surface area contributed by atoms with Crippen molar-refractivity contribution >= 4 is 35.7 Å². The van der Waals surface area contributed by atoms with Crippen LogP contribution in [0.3, 0.4) is 0 Å². The van der Waals surface area contributed by atoms with E-state index in [1.54, 1.807) is 24.3 Å². The van der Waals surface area contributed by atoms with Gasteiger partial charge >= 0.3 is 12.1 Å². The third-order valence-electron chi connectivity index (χ3n) is 5.81. The van der Waals surface area contributed by atoms with E-state index < -0.39 is 66.8 Å². The predicted molar refractivity (Wildman–Crippen MR) is 148 cm³/mol. The molecule has 0 bridgehead atoms. The number of rotatable bonds is 16. The molecule has 1 heterocycles. The van der Waals surface area contributed by atoms with Crippen LogP contribution in [0.5, 0.6) is 0 Å². The predicted octanol–water partition coefficient (Wildman–Crippen LogP) is -0.572. The summed E-state index contributed by atoms with van der Waals surface area (Å²) in [5, 5.41) is 9.78. The molecule has 2 rings (SSSR count). The molecule has 15 nitrogen and oxygen atoms in total. The van der Waals surface area contributed by atoms with Gasteiger partial charge < -0.3 is 41.5 Å². The number of amides is 5. The largest absolute Gasteiger partial charge is 0.468 e. The zero-order chi connectivity index (χ0) is 31.1. The number of carbonyl (C=O) groups is 6. The second-order valence-electron chi connectivity index (χ2n) is 9.76. The van der Waals surface area contributed by atoms with Gasteiger partial charge in [0.25, 0.3) is 0 Å². The van der Waals surface area contributed by atoms with Crippen LogP contribution in [0.25, 0.3) is 0 Å². The Balaban J connectivity index is 2.15. The summed E-state index contributed by atoms with van der Waals surface area (Å²) in [6.45, 7) is 3.17. The second-order valence-corrected chi connectivity index (χ2v) is 9.76. The fraction of sp³-hybridized carbons (Fsp3) is 0.444. The molecule has 0 saturated carbocycles. The number of esters is 1. The van der Waals surface area contributed by atoms with Crippen LogP contribution in [0.1, 0.15) is 37.9 Å². The molecule has 3 atom stereocenters. The molecule has 0 fully saturated rings. The van der Waals surface area contributed by atoms with Crippen LogP contribution in [0.15, 0.2) is 42.9 Å². The van der Waals surface area contributed by atoms with E-state index in [9.17, 15) is 28.8 Å². The minimum atomic E-state index is -1.48. The van der Waals surface area contributed by atoms with Gasteiger partial charge in [-0.1, -0.05) is 44.2 Å². The van der Waals surface area contributed by atoms with Crippen LogP contribution >= 0.6 is 0 Å². The third kappa shape index (κ3) is 12.1. The first kappa shape index (κ1) is 33.3. The second kappa shape index (κ2) is 17.0. The summed E-state index contributed by atoms with van der Waals surface area (Å²) >= 11 is 0. The van der Waals surface area contributed by atoms with Gasteiger partial charge in [-0.25, -0.2) is 9.78 Å². The smallest absolute Gasteiger partial charge is 0.408 e. The lowest BCUT2D eigenvalue weighted by Gasteiger charge is -2.25. The molecule has 0 aliphatic rings. The van der Waals surface area contributed by atoms with Crippen molar-refractivity contribution in [1.82, 2.24) is 31.2 Å². The van der Waals surface area contributed by atoms with Crippen molar-refractivity contribution in [2.45, 2.75) is 57.8 Å². The van der Waals surface area contributed by atoms with Crippen molar-refractivity contribution < 1.29 is 38.2 Å². The maximum Gasteiger partial charge on any atom is 0.408 e. The van der Waals surface area contributed by atoms with Crippen molar-refractivity contribution in [1.29, 1.82) is 0 Å². The molecular weight excluding hydrogens is 550 g/mol. The van der Waals surface area contributed by atoms with Gasteiger partial charge in [0.1, 0.15) is 31.3 Å². The number of ether oxygens (including phenoxy) is 2. The summed E-state index contributed by atoms with van der Waals surface area (Å²) in [6, 6.07) is 5.08. The highest BCUT2D eigenvalue weighted by atomic mass is 16.5. The van der Waals surface area contributed by atoms with Crippen LogP contribution in [-0.4, -0.2) is 77.4 Å². The third-order valence-corrected chi connectivity index (χ3v) is 5.81. The van der Waals surface area contributed by atoms with E-state index in [1.165, 1.54) is 12.5 Å². The van der Waals surface area contributed by atoms with Crippen LogP contribution in [0.2, 0.25) is 0 Å². The lowest BCUT2D eigenvalue weighted by Crippen LogP contribution is -2.58. The minimum Gasteiger partial charge on any atom is -0.468 e. The first-order valence-corrected chi connectivity index (χ1v) is 13.2. The first-order valence-electron chi connectivity index (χ1n) is 13.2. The Morgan fingerprint density at radius 3 is 2.19 bits per heavy atom. The zero-order valence-electron chi connectivity index (χ0n) is 23.7. The Morgan fingerprint density at radius 2 is 1.60 bits per heavy atom. The maximum absolute atomic E-state index is 13.3. The highest BCUT2D eigenvalue weighted by Crippen LogP contribution is 2.08. The fourth-order valence-electron chi connectivity index (χ4n) is 3.75. The number of H-pyrrole nitrogens is 1. The lowest BCUT2D eigenvalue weighted by molar-refractivity contribution is -0.141. The lowest BCUT2D eigenvalue weighted by atomic mass is 10.0. The van der Waals surface area contributed by atoms with E-state index in [0.717, 1.165) is 12.7 Å². The molecule has 1 aromatic heterocycles. The summed E-state index contributed by atoms with van der Waals surface area (Å²) in [7, 11) is 1.16. The summed E-state index contributed by atoms with van der Waals surface area (Å²) in [4.78, 5) is 81.7. The minimum absolute atomic E-state index is 0.0479. The van der Waals surface area contributed by atoms with Crippen molar-refractivity contribution in [3.63, 3.8) is 0 Å². The quantitative estimate of drug-likeness (QED) is 0.138. The Labute approximate surface area is 242 Å². The standard InChI is InChI=1S/C27H37N7O8/c1-16(2)9-19(24(37)30-13-23(36)41-3)32-26(39)21(11-22(28)35)33-25(38)20(10-18-12-29-15-31-18)34-27(40)42-14-17-7-5-4-6-8-17/h4-8,12,15-16,19-21H,9-11,13-14H2,1-3H3,(H2,28,35)(H,29,31)(H,30,37)(H,32,39)(H,33,38)(H,34,40). The molecular formula is C27H37N7O8. The number of carbonyl (C=O) groups excluding carboxylic acids is 6. The Morgan fingerprint density at radius 1 is 0.929 bits per heavy atom. The normalized spacial score (nSPS) is 12.8. The molecule has 3 unspecified atom stereocenters. The van der Waals surface area contributed by atoms with Crippen LogP contribution < -0.4 is 27.0 Å². The molecule has 0 spiro atoms. The number of nitrogens with zero attached hydrogens (tertiary/aromatic N) is 1. The SMILES string of the molecule is COC(=O)CNC(=O)C(CC(C)C)NC(=O)C(CC(N)=O)NC(=O)C(Cc1cnc[nH]1)NC(=O)OCc1ccccc1. The molecule has 15 heteroatoms. The molecule has 0 saturated heterocycles. The van der Waals surface area contributed by atoms with E-state index in [1.807, 2.05) is 19.9 Å². The highest BCUT2D eigenvalue weighted by molar-refractivity contribution is 5.96. The zero-order valence-corrected chi connectivity index (χ0v) is 23.7. The number of methoxy groups -OCH3 is 1. The van der Waals surface area contributed by atoms with Crippen molar-refractivity contribution in [3.8, 4) is 0 Å². The summed E-state index contributed by atoms with van der Waals surface area (Å²) in [6.07, 6.45) is 1.49. The molecule has 5 amide bonds. The number of hydrogen-bond donors (Lipinski definition) is 6. The van der Waals surface area contributed by atoms with Gasteiger partial charge in [0.05, 0.1) is 19.9 Å². The van der Waals surface area contributed by atoms with Crippen molar-refractivity contribution in [3.05, 3.63) is 54.1 Å². The number of primary amides is 1. The highest BCUT2D eigenvalue weighted by Gasteiger charge is 2.31. The average Bonchev–Trinajstić information content (AvgIpc) is 3.46. The number of nitrogens with two attached hydrogens (primary N) is 1. The van der Waals surface area contributed by atoms with Crippen LogP contribution in [-0.2, 0) is 46.5 Å². The van der Waals surface area contributed by atoms with E-state index in [4.69, 9.17) is 10.5 Å². The van der Waals surface area contributed by atoms with E-state index in [-0.39, 0.29) is 25.4 Å². The Bertz CT molecular complexity index is 1200. The number of hydrogen-bond acceptors (Lipinski definition) is 9. The van der Waals surface area contributed by atoms with E-state index in [2.05, 4.69) is 36.0 Å². The number of nitrogens with one attached hydrogen (secondary N) is 5. The number of benzene rings is 1. The van der Waals surface area contributed by atoms with Gasteiger partial charge in [-0.3, -0.25) is 24.0 Å². The monoisotopic (exact) mass is 587 g/mol. The van der Waals surface area contributed by atoms with Crippen LogP contribution in [0, 0.1) is 5.92 Å². The average molecular weight is 588 g/mol. The molecule has 42 heavy (non-hydrogen) atoms. The van der Waals surface area contributed by atoms with Gasteiger partial charge in [-0.05, 0) is 17.9 Å². The molecule has 0 aliphatic heterocycles. The van der Waals surface area contributed by atoms with Gasteiger partial charge in [0.15, 0.2) is 0 Å². The number of aromatic amines is 1. The van der Waals surface area contributed by atoms with E-state index >= 15 is 0 Å². The molecule has 0 aliphatic carbocycles. The number of imidazole rings is 1. The summed E-state index contributed by atoms with van der Waals surface area (Å²) in [5.74, 6) is -3.98. The molecule has 1 aromatic carbocycles. The van der Waals surface area contributed by atoms with Crippen molar-refractivity contribution in [2.24, 2.45) is 11.7 Å². The Hall–Kier alpha value is -4.95. The first-order chi connectivity index (χ1) is 20.0. The van der Waals surface area contributed by atoms with Crippen LogP contribution in [0.4, 0.5) is 4.79 Å². The molecule has 228 valence electrons. The molecule has 2 aromatic rings.